The number of rotatable bonds is 10. The Bertz CT molecular complexity index is 396. The molecule has 1 saturated heterocycles. The molecule has 25 heavy (non-hydrogen) atoms. The number of nitrogens with two attached hydrogens (primary N) is 1. The summed E-state index contributed by atoms with van der Waals surface area (Å²) >= 11 is 1.70. The number of hydrogen-bond donors (Lipinski definition) is 2. The summed E-state index contributed by atoms with van der Waals surface area (Å²) in [5.74, 6) is 0.954. The standard InChI is InChI=1S/C16H32N4O3S.ClH/c1-13(15(21)18-6-4-11-23-2)19-7-9-20(10-8-19)16(22)14(17)5-12-24-3;/h13-14H,4-12,17H2,1-3H3,(H,18,21);1H/t13?,14-;/m0./s1. The lowest BCUT2D eigenvalue weighted by Crippen LogP contribution is -2.57. The van der Waals surface area contributed by atoms with Gasteiger partial charge in [-0.25, -0.2) is 0 Å². The molecule has 0 bridgehead atoms. The molecule has 3 N–H and O–H groups in total. The maximum Gasteiger partial charge on any atom is 0.239 e. The van der Waals surface area contributed by atoms with Gasteiger partial charge in [0.2, 0.25) is 11.8 Å². The van der Waals surface area contributed by atoms with Crippen LogP contribution in [0.1, 0.15) is 19.8 Å². The summed E-state index contributed by atoms with van der Waals surface area (Å²) in [5.41, 5.74) is 5.96. The molecule has 1 heterocycles. The van der Waals surface area contributed by atoms with Gasteiger partial charge in [-0.1, -0.05) is 0 Å². The number of halogens is 1. The van der Waals surface area contributed by atoms with Gasteiger partial charge < -0.3 is 20.7 Å². The summed E-state index contributed by atoms with van der Waals surface area (Å²) in [7, 11) is 1.65. The van der Waals surface area contributed by atoms with E-state index in [4.69, 9.17) is 10.5 Å². The Morgan fingerprint density at radius 1 is 1.28 bits per heavy atom. The average molecular weight is 397 g/mol. The van der Waals surface area contributed by atoms with E-state index in [1.54, 1.807) is 18.9 Å². The van der Waals surface area contributed by atoms with Crippen LogP contribution in [0.2, 0.25) is 0 Å². The van der Waals surface area contributed by atoms with Crippen LogP contribution in [-0.4, -0.2) is 92.1 Å². The van der Waals surface area contributed by atoms with Crippen LogP contribution in [0.3, 0.4) is 0 Å². The molecule has 1 fully saturated rings. The zero-order chi connectivity index (χ0) is 17.9. The highest BCUT2D eigenvalue weighted by molar-refractivity contribution is 7.98. The van der Waals surface area contributed by atoms with Crippen LogP contribution in [0.5, 0.6) is 0 Å². The maximum atomic E-state index is 12.3. The van der Waals surface area contributed by atoms with Crippen LogP contribution in [0, 0.1) is 0 Å². The van der Waals surface area contributed by atoms with Crippen molar-refractivity contribution in [1.82, 2.24) is 15.1 Å². The third-order valence-electron chi connectivity index (χ3n) is 4.33. The minimum absolute atomic E-state index is 0. The molecule has 1 rings (SSSR count). The molecule has 0 spiro atoms. The first-order valence-electron chi connectivity index (χ1n) is 8.55. The third-order valence-corrected chi connectivity index (χ3v) is 4.97. The molecular weight excluding hydrogens is 364 g/mol. The topological polar surface area (TPSA) is 87.9 Å². The second-order valence-corrected chi connectivity index (χ2v) is 7.05. The van der Waals surface area contributed by atoms with Crippen molar-refractivity contribution in [3.05, 3.63) is 0 Å². The zero-order valence-electron chi connectivity index (χ0n) is 15.5. The molecule has 148 valence electrons. The fraction of sp³-hybridized carbons (Fsp3) is 0.875. The average Bonchev–Trinajstić information content (AvgIpc) is 2.61. The monoisotopic (exact) mass is 396 g/mol. The van der Waals surface area contributed by atoms with Gasteiger partial charge in [-0.05, 0) is 31.8 Å². The summed E-state index contributed by atoms with van der Waals surface area (Å²) < 4.78 is 4.97. The number of carbonyl (C=O) groups excluding carboxylic acids is 2. The number of hydrogen-bond acceptors (Lipinski definition) is 6. The molecule has 0 aromatic heterocycles. The number of nitrogens with one attached hydrogen (secondary N) is 1. The van der Waals surface area contributed by atoms with E-state index in [0.29, 0.717) is 45.8 Å². The first-order valence-corrected chi connectivity index (χ1v) is 9.94. The third kappa shape index (κ3) is 8.59. The van der Waals surface area contributed by atoms with E-state index >= 15 is 0 Å². The molecule has 0 radical (unpaired) electrons. The number of methoxy groups -OCH3 is 1. The van der Waals surface area contributed by atoms with Crippen molar-refractivity contribution in [2.75, 3.05) is 58.4 Å². The number of amides is 2. The van der Waals surface area contributed by atoms with Gasteiger partial charge in [0.15, 0.2) is 0 Å². The van der Waals surface area contributed by atoms with Gasteiger partial charge in [-0.2, -0.15) is 11.8 Å². The minimum Gasteiger partial charge on any atom is -0.385 e. The van der Waals surface area contributed by atoms with Gasteiger partial charge in [-0.15, -0.1) is 12.4 Å². The van der Waals surface area contributed by atoms with E-state index < -0.39 is 6.04 Å². The fourth-order valence-corrected chi connectivity index (χ4v) is 3.16. The molecule has 0 saturated carbocycles. The van der Waals surface area contributed by atoms with Crippen molar-refractivity contribution in [1.29, 1.82) is 0 Å². The Hall–Kier alpha value is -0.540. The van der Waals surface area contributed by atoms with E-state index in [2.05, 4.69) is 10.2 Å². The van der Waals surface area contributed by atoms with E-state index in [9.17, 15) is 9.59 Å². The maximum absolute atomic E-state index is 12.3. The van der Waals surface area contributed by atoms with Gasteiger partial charge in [0, 0.05) is 46.4 Å². The van der Waals surface area contributed by atoms with Crippen molar-refractivity contribution < 1.29 is 14.3 Å². The van der Waals surface area contributed by atoms with Crippen LogP contribution in [-0.2, 0) is 14.3 Å². The van der Waals surface area contributed by atoms with Gasteiger partial charge in [0.05, 0.1) is 12.1 Å². The Balaban J connectivity index is 0.00000576. The van der Waals surface area contributed by atoms with Crippen LogP contribution in [0.15, 0.2) is 0 Å². The lowest BCUT2D eigenvalue weighted by molar-refractivity contribution is -0.135. The summed E-state index contributed by atoms with van der Waals surface area (Å²) in [6.45, 7) is 5.85. The highest BCUT2D eigenvalue weighted by Gasteiger charge is 2.29. The molecule has 0 aromatic carbocycles. The second-order valence-electron chi connectivity index (χ2n) is 6.06. The Morgan fingerprint density at radius 3 is 2.48 bits per heavy atom. The SMILES string of the molecule is COCCCNC(=O)C(C)N1CCN(C(=O)[C@@H](N)CCSC)CC1.Cl. The fourth-order valence-electron chi connectivity index (χ4n) is 2.67. The highest BCUT2D eigenvalue weighted by atomic mass is 35.5. The van der Waals surface area contributed by atoms with Crippen molar-refractivity contribution in [3.8, 4) is 0 Å². The number of nitrogens with zero attached hydrogens (tertiary/aromatic N) is 2. The van der Waals surface area contributed by atoms with Gasteiger partial charge in [0.1, 0.15) is 0 Å². The molecular formula is C16H33ClN4O3S. The predicted octanol–water partition coefficient (Wildman–Crippen LogP) is 0.174. The quantitative estimate of drug-likeness (QED) is 0.512. The van der Waals surface area contributed by atoms with Crippen molar-refractivity contribution >= 4 is 36.0 Å². The number of ether oxygens (including phenoxy) is 1. The number of carbonyl (C=O) groups is 2. The van der Waals surface area contributed by atoms with Gasteiger partial charge >= 0.3 is 0 Å². The van der Waals surface area contributed by atoms with E-state index in [0.717, 1.165) is 12.2 Å². The highest BCUT2D eigenvalue weighted by Crippen LogP contribution is 2.09. The molecule has 0 aliphatic carbocycles. The molecule has 0 aromatic rings. The largest absolute Gasteiger partial charge is 0.385 e. The Morgan fingerprint density at radius 2 is 1.92 bits per heavy atom. The molecule has 2 amide bonds. The van der Waals surface area contributed by atoms with Crippen LogP contribution < -0.4 is 11.1 Å². The smallest absolute Gasteiger partial charge is 0.239 e. The molecule has 1 aliphatic heterocycles. The lowest BCUT2D eigenvalue weighted by atomic mass is 10.1. The van der Waals surface area contributed by atoms with Crippen molar-refractivity contribution in [2.45, 2.75) is 31.8 Å². The first kappa shape index (κ1) is 24.5. The molecule has 9 heteroatoms. The normalized spacial score (nSPS) is 17.5. The Labute approximate surface area is 161 Å². The van der Waals surface area contributed by atoms with Gasteiger partial charge in [0.25, 0.3) is 0 Å². The van der Waals surface area contributed by atoms with E-state index in [1.807, 2.05) is 18.1 Å². The van der Waals surface area contributed by atoms with Crippen LogP contribution >= 0.6 is 24.2 Å². The van der Waals surface area contributed by atoms with E-state index in [-0.39, 0.29) is 30.3 Å². The lowest BCUT2D eigenvalue weighted by Gasteiger charge is -2.38. The van der Waals surface area contributed by atoms with Crippen LogP contribution in [0.25, 0.3) is 0 Å². The summed E-state index contributed by atoms with van der Waals surface area (Å²) in [5, 5.41) is 2.93. The van der Waals surface area contributed by atoms with Crippen LogP contribution in [0.4, 0.5) is 0 Å². The van der Waals surface area contributed by atoms with Gasteiger partial charge in [-0.3, -0.25) is 14.5 Å². The summed E-state index contributed by atoms with van der Waals surface area (Å²) in [6.07, 6.45) is 3.53. The molecule has 1 unspecified atom stereocenters. The first-order chi connectivity index (χ1) is 11.5. The summed E-state index contributed by atoms with van der Waals surface area (Å²) in [6, 6.07) is -0.597. The summed E-state index contributed by atoms with van der Waals surface area (Å²) in [4.78, 5) is 28.4. The second kappa shape index (κ2) is 13.6. The van der Waals surface area contributed by atoms with Crippen molar-refractivity contribution in [3.63, 3.8) is 0 Å². The molecule has 2 atom stereocenters. The molecule has 1 aliphatic rings. The zero-order valence-corrected chi connectivity index (χ0v) is 17.2. The minimum atomic E-state index is -0.412. The Kier molecular flexibility index (Phi) is 13.3. The number of thioether (sulfide) groups is 1. The predicted molar refractivity (Wildman–Crippen MR) is 105 cm³/mol. The van der Waals surface area contributed by atoms with Crippen molar-refractivity contribution in [2.24, 2.45) is 5.73 Å². The number of piperazine rings is 1. The van der Waals surface area contributed by atoms with E-state index in [1.165, 1.54) is 0 Å². The molecule has 7 nitrogen and oxygen atoms in total.